The van der Waals surface area contributed by atoms with Crippen LogP contribution in [0.5, 0.6) is 5.75 Å². The second-order valence-corrected chi connectivity index (χ2v) is 5.65. The Hall–Kier alpha value is -1.02. The van der Waals surface area contributed by atoms with E-state index in [1.54, 1.807) is 7.11 Å². The molecule has 0 amide bonds. The van der Waals surface area contributed by atoms with E-state index in [0.29, 0.717) is 5.92 Å². The lowest BCUT2D eigenvalue weighted by Crippen LogP contribution is -2.19. The summed E-state index contributed by atoms with van der Waals surface area (Å²) in [6.45, 7) is 7.72. The van der Waals surface area contributed by atoms with E-state index in [-0.39, 0.29) is 0 Å². The minimum Gasteiger partial charge on any atom is -0.496 e. The van der Waals surface area contributed by atoms with Gasteiger partial charge in [-0.2, -0.15) is 0 Å². The molecule has 1 N–H and O–H groups in total. The van der Waals surface area contributed by atoms with Crippen molar-refractivity contribution in [3.8, 4) is 5.75 Å². The summed E-state index contributed by atoms with van der Waals surface area (Å²) in [4.78, 5) is 0. The first-order chi connectivity index (χ1) is 8.61. The summed E-state index contributed by atoms with van der Waals surface area (Å²) in [7, 11) is 1.76. The van der Waals surface area contributed by atoms with Crippen molar-refractivity contribution < 1.29 is 4.74 Å². The summed E-state index contributed by atoms with van der Waals surface area (Å²) >= 11 is 0. The molecule has 1 fully saturated rings. The predicted octanol–water partition coefficient (Wildman–Crippen LogP) is 3.42. The van der Waals surface area contributed by atoms with Crippen LogP contribution < -0.4 is 10.1 Å². The summed E-state index contributed by atoms with van der Waals surface area (Å²) in [6.07, 6.45) is 3.84. The molecule has 0 radical (unpaired) electrons. The average molecular weight is 247 g/mol. The van der Waals surface area contributed by atoms with E-state index in [1.807, 2.05) is 0 Å². The Morgan fingerprint density at radius 3 is 2.61 bits per heavy atom. The van der Waals surface area contributed by atoms with Crippen LogP contribution in [0.25, 0.3) is 0 Å². The molecule has 0 bridgehead atoms. The Labute approximate surface area is 111 Å². The second kappa shape index (κ2) is 5.75. The zero-order valence-electron chi connectivity index (χ0n) is 12.0. The van der Waals surface area contributed by atoms with E-state index in [1.165, 1.54) is 29.5 Å². The summed E-state index contributed by atoms with van der Waals surface area (Å²) in [5.74, 6) is 1.54. The highest BCUT2D eigenvalue weighted by atomic mass is 16.5. The SMILES string of the molecule is COc1cc(C)c(CCNC2CC2)cc1C(C)C. The third kappa shape index (κ3) is 3.26. The summed E-state index contributed by atoms with van der Waals surface area (Å²) in [6, 6.07) is 5.31. The van der Waals surface area contributed by atoms with E-state index >= 15 is 0 Å². The molecule has 0 spiro atoms. The molecule has 1 aliphatic rings. The third-order valence-corrected chi connectivity index (χ3v) is 3.71. The maximum absolute atomic E-state index is 5.48. The maximum Gasteiger partial charge on any atom is 0.122 e. The lowest BCUT2D eigenvalue weighted by Gasteiger charge is -2.16. The number of hydrogen-bond donors (Lipinski definition) is 1. The number of methoxy groups -OCH3 is 1. The fourth-order valence-corrected chi connectivity index (χ4v) is 2.34. The van der Waals surface area contributed by atoms with Crippen LogP contribution in [0.3, 0.4) is 0 Å². The first-order valence-electron chi connectivity index (χ1n) is 7.02. The molecule has 0 atom stereocenters. The molecule has 0 aromatic heterocycles. The van der Waals surface area contributed by atoms with Crippen LogP contribution in [0.4, 0.5) is 0 Å². The molecule has 1 aliphatic carbocycles. The second-order valence-electron chi connectivity index (χ2n) is 5.65. The van der Waals surface area contributed by atoms with E-state index in [0.717, 1.165) is 24.8 Å². The van der Waals surface area contributed by atoms with Crippen molar-refractivity contribution in [2.24, 2.45) is 0 Å². The van der Waals surface area contributed by atoms with E-state index in [4.69, 9.17) is 4.74 Å². The van der Waals surface area contributed by atoms with Crippen molar-refractivity contribution in [1.82, 2.24) is 5.32 Å². The minimum atomic E-state index is 0.510. The summed E-state index contributed by atoms with van der Waals surface area (Å²) in [5, 5.41) is 3.58. The lowest BCUT2D eigenvalue weighted by molar-refractivity contribution is 0.407. The Morgan fingerprint density at radius 1 is 1.33 bits per heavy atom. The Kier molecular flexibility index (Phi) is 4.28. The number of hydrogen-bond acceptors (Lipinski definition) is 2. The van der Waals surface area contributed by atoms with Gasteiger partial charge in [-0.1, -0.05) is 19.9 Å². The van der Waals surface area contributed by atoms with Crippen LogP contribution in [0.15, 0.2) is 12.1 Å². The molecule has 0 unspecified atom stereocenters. The van der Waals surface area contributed by atoms with Gasteiger partial charge in [0.05, 0.1) is 7.11 Å². The highest BCUT2D eigenvalue weighted by Crippen LogP contribution is 2.29. The molecule has 0 saturated heterocycles. The van der Waals surface area contributed by atoms with Gasteiger partial charge in [0.1, 0.15) is 5.75 Å². The number of ether oxygens (including phenoxy) is 1. The van der Waals surface area contributed by atoms with Gasteiger partial charge in [-0.15, -0.1) is 0 Å². The molecule has 2 rings (SSSR count). The van der Waals surface area contributed by atoms with Crippen molar-refractivity contribution in [2.45, 2.75) is 52.0 Å². The van der Waals surface area contributed by atoms with Crippen molar-refractivity contribution in [1.29, 1.82) is 0 Å². The van der Waals surface area contributed by atoms with E-state index in [2.05, 4.69) is 38.2 Å². The minimum absolute atomic E-state index is 0.510. The summed E-state index contributed by atoms with van der Waals surface area (Å²) < 4.78 is 5.48. The molecule has 1 saturated carbocycles. The first kappa shape index (κ1) is 13.4. The van der Waals surface area contributed by atoms with Gasteiger partial charge < -0.3 is 10.1 Å². The van der Waals surface area contributed by atoms with Crippen molar-refractivity contribution in [3.05, 3.63) is 28.8 Å². The number of aryl methyl sites for hydroxylation is 1. The number of rotatable bonds is 6. The molecule has 2 nitrogen and oxygen atoms in total. The van der Waals surface area contributed by atoms with Gasteiger partial charge in [-0.25, -0.2) is 0 Å². The molecule has 0 aliphatic heterocycles. The number of nitrogens with one attached hydrogen (secondary N) is 1. The molecule has 0 heterocycles. The van der Waals surface area contributed by atoms with Crippen molar-refractivity contribution in [3.63, 3.8) is 0 Å². The number of benzene rings is 1. The molecule has 100 valence electrons. The quantitative estimate of drug-likeness (QED) is 0.831. The molecular weight excluding hydrogens is 222 g/mol. The molecular formula is C16H25NO. The van der Waals surface area contributed by atoms with E-state index < -0.39 is 0 Å². The van der Waals surface area contributed by atoms with Crippen LogP contribution in [-0.4, -0.2) is 19.7 Å². The van der Waals surface area contributed by atoms with Gasteiger partial charge >= 0.3 is 0 Å². The van der Waals surface area contributed by atoms with Gasteiger partial charge in [0.25, 0.3) is 0 Å². The van der Waals surface area contributed by atoms with Crippen LogP contribution in [0.2, 0.25) is 0 Å². The van der Waals surface area contributed by atoms with Crippen LogP contribution in [0.1, 0.15) is 49.3 Å². The topological polar surface area (TPSA) is 21.3 Å². The zero-order chi connectivity index (χ0) is 13.1. The molecule has 2 heteroatoms. The first-order valence-corrected chi connectivity index (χ1v) is 7.02. The fourth-order valence-electron chi connectivity index (χ4n) is 2.34. The molecule has 1 aromatic carbocycles. The van der Waals surface area contributed by atoms with E-state index in [9.17, 15) is 0 Å². The van der Waals surface area contributed by atoms with Crippen molar-refractivity contribution >= 4 is 0 Å². The Morgan fingerprint density at radius 2 is 2.06 bits per heavy atom. The molecule has 18 heavy (non-hydrogen) atoms. The predicted molar refractivity (Wildman–Crippen MR) is 76.5 cm³/mol. The van der Waals surface area contributed by atoms with Gasteiger partial charge in [0, 0.05) is 6.04 Å². The van der Waals surface area contributed by atoms with Gasteiger partial charge in [-0.3, -0.25) is 0 Å². The van der Waals surface area contributed by atoms with Gasteiger partial charge in [0.2, 0.25) is 0 Å². The fraction of sp³-hybridized carbons (Fsp3) is 0.625. The largest absolute Gasteiger partial charge is 0.496 e. The smallest absolute Gasteiger partial charge is 0.122 e. The van der Waals surface area contributed by atoms with Crippen LogP contribution in [0, 0.1) is 6.92 Å². The zero-order valence-corrected chi connectivity index (χ0v) is 12.0. The normalized spacial score (nSPS) is 15.2. The van der Waals surface area contributed by atoms with Gasteiger partial charge in [0.15, 0.2) is 0 Å². The lowest BCUT2D eigenvalue weighted by atomic mass is 9.95. The van der Waals surface area contributed by atoms with Crippen molar-refractivity contribution in [2.75, 3.05) is 13.7 Å². The third-order valence-electron chi connectivity index (χ3n) is 3.71. The summed E-state index contributed by atoms with van der Waals surface area (Å²) in [5.41, 5.74) is 4.12. The van der Waals surface area contributed by atoms with Crippen LogP contribution >= 0.6 is 0 Å². The maximum atomic E-state index is 5.48. The van der Waals surface area contributed by atoms with Gasteiger partial charge in [-0.05, 0) is 61.4 Å². The molecule has 1 aromatic rings. The highest BCUT2D eigenvalue weighted by Gasteiger charge is 2.20. The Balaban J connectivity index is 2.09. The highest BCUT2D eigenvalue weighted by molar-refractivity contribution is 5.44. The van der Waals surface area contributed by atoms with Crippen LogP contribution in [-0.2, 0) is 6.42 Å². The monoisotopic (exact) mass is 247 g/mol. The average Bonchev–Trinajstić information content (AvgIpc) is 3.14. The standard InChI is InChI=1S/C16H25NO/c1-11(2)15-10-13(7-8-17-14-5-6-14)12(3)9-16(15)18-4/h9-11,14,17H,5-8H2,1-4H3. The Bertz CT molecular complexity index is 408.